The fourth-order valence-electron chi connectivity index (χ4n) is 3.52. The lowest BCUT2D eigenvalue weighted by Crippen LogP contribution is -2.31. The minimum Gasteiger partial charge on any atom is -0.329 e. The molecule has 0 aliphatic carbocycles. The second kappa shape index (κ2) is 6.99. The lowest BCUT2D eigenvalue weighted by atomic mass is 10.1. The van der Waals surface area contributed by atoms with Crippen molar-refractivity contribution in [3.05, 3.63) is 58.2 Å². The fourth-order valence-corrected chi connectivity index (χ4v) is 4.28. The standard InChI is InChI=1S/C19H21N5OS/c1-3-16-20-9-11-24(16)17-8-4-6-14(22-17)15-7-5-10-23(15)19(25)18-13(2)21-12-26-18/h4,6,8-9,11-12,15H,3,5,7,10H2,1-2H3/t15-/m1/s1. The predicted molar refractivity (Wildman–Crippen MR) is 101 cm³/mol. The maximum absolute atomic E-state index is 13.0. The summed E-state index contributed by atoms with van der Waals surface area (Å²) in [7, 11) is 0. The summed E-state index contributed by atoms with van der Waals surface area (Å²) in [6.45, 7) is 4.73. The maximum atomic E-state index is 13.0. The Bertz CT molecular complexity index is 931. The van der Waals surface area contributed by atoms with Gasteiger partial charge >= 0.3 is 0 Å². The Morgan fingerprint density at radius 3 is 3.00 bits per heavy atom. The van der Waals surface area contributed by atoms with E-state index in [1.165, 1.54) is 11.3 Å². The van der Waals surface area contributed by atoms with E-state index < -0.39 is 0 Å². The Morgan fingerprint density at radius 2 is 2.23 bits per heavy atom. The minimum atomic E-state index is 0.0116. The molecule has 0 N–H and O–H groups in total. The van der Waals surface area contributed by atoms with E-state index in [0.29, 0.717) is 0 Å². The molecule has 4 rings (SSSR count). The quantitative estimate of drug-likeness (QED) is 0.707. The van der Waals surface area contributed by atoms with E-state index in [0.717, 1.165) is 53.7 Å². The maximum Gasteiger partial charge on any atom is 0.266 e. The Balaban J connectivity index is 1.65. The summed E-state index contributed by atoms with van der Waals surface area (Å²) >= 11 is 1.41. The van der Waals surface area contributed by atoms with Crippen LogP contribution in [0.3, 0.4) is 0 Å². The molecule has 1 fully saturated rings. The van der Waals surface area contributed by atoms with Crippen LogP contribution in [0, 0.1) is 6.92 Å². The van der Waals surface area contributed by atoms with Crippen molar-refractivity contribution in [2.24, 2.45) is 0 Å². The number of hydrogen-bond acceptors (Lipinski definition) is 5. The van der Waals surface area contributed by atoms with Crippen molar-refractivity contribution in [3.8, 4) is 5.82 Å². The summed E-state index contributed by atoms with van der Waals surface area (Å²) in [4.78, 5) is 29.1. The van der Waals surface area contributed by atoms with Crippen molar-refractivity contribution >= 4 is 17.2 Å². The average Bonchev–Trinajstić information content (AvgIpc) is 3.41. The first-order chi connectivity index (χ1) is 12.7. The summed E-state index contributed by atoms with van der Waals surface area (Å²) in [5, 5.41) is 0. The third-order valence-corrected chi connectivity index (χ3v) is 5.75. The number of carbonyl (C=O) groups is 1. The van der Waals surface area contributed by atoms with Gasteiger partial charge in [-0.1, -0.05) is 13.0 Å². The van der Waals surface area contributed by atoms with Crippen molar-refractivity contribution in [1.29, 1.82) is 0 Å². The molecule has 3 aromatic heterocycles. The first-order valence-corrected chi connectivity index (χ1v) is 9.77. The number of nitrogens with zero attached hydrogens (tertiary/aromatic N) is 5. The number of likely N-dealkylation sites (tertiary alicyclic amines) is 1. The molecule has 1 aliphatic heterocycles. The van der Waals surface area contributed by atoms with Crippen LogP contribution in [-0.2, 0) is 6.42 Å². The smallest absolute Gasteiger partial charge is 0.266 e. The second-order valence-corrected chi connectivity index (χ2v) is 7.27. The van der Waals surface area contributed by atoms with Gasteiger partial charge in [-0.05, 0) is 31.9 Å². The zero-order chi connectivity index (χ0) is 18.1. The van der Waals surface area contributed by atoms with Gasteiger partial charge in [0.1, 0.15) is 16.5 Å². The highest BCUT2D eigenvalue weighted by Gasteiger charge is 2.33. The molecule has 1 saturated heterocycles. The Morgan fingerprint density at radius 1 is 1.35 bits per heavy atom. The number of thiazole rings is 1. The molecule has 4 heterocycles. The van der Waals surface area contributed by atoms with Gasteiger partial charge in [0.25, 0.3) is 5.91 Å². The highest BCUT2D eigenvalue weighted by molar-refractivity contribution is 7.11. The SMILES string of the molecule is CCc1nccn1-c1cccc([C@H]2CCCN2C(=O)c2scnc2C)n1. The molecule has 134 valence electrons. The number of amides is 1. The number of imidazole rings is 1. The van der Waals surface area contributed by atoms with Crippen molar-refractivity contribution in [2.45, 2.75) is 39.2 Å². The molecule has 0 saturated carbocycles. The van der Waals surface area contributed by atoms with Crippen molar-refractivity contribution in [2.75, 3.05) is 6.54 Å². The molecule has 1 amide bonds. The normalized spacial score (nSPS) is 17.0. The van der Waals surface area contributed by atoms with Crippen molar-refractivity contribution in [3.63, 3.8) is 0 Å². The van der Waals surface area contributed by atoms with Crippen LogP contribution in [0.2, 0.25) is 0 Å². The largest absolute Gasteiger partial charge is 0.329 e. The summed E-state index contributed by atoms with van der Waals surface area (Å²) in [5.41, 5.74) is 3.47. The number of carbonyl (C=O) groups excluding carboxylic acids is 1. The third-order valence-electron chi connectivity index (χ3n) is 4.83. The van der Waals surface area contributed by atoms with Crippen molar-refractivity contribution < 1.29 is 4.79 Å². The molecule has 7 heteroatoms. The average molecular weight is 367 g/mol. The molecule has 0 bridgehead atoms. The first kappa shape index (κ1) is 16.9. The Hall–Kier alpha value is -2.54. The van der Waals surface area contributed by atoms with Crippen LogP contribution in [0.5, 0.6) is 0 Å². The fraction of sp³-hybridized carbons (Fsp3) is 0.368. The van der Waals surface area contributed by atoms with E-state index in [2.05, 4.69) is 16.9 Å². The molecule has 0 aromatic carbocycles. The number of aromatic nitrogens is 4. The van der Waals surface area contributed by atoms with Crippen LogP contribution in [0.25, 0.3) is 5.82 Å². The van der Waals surface area contributed by atoms with Gasteiger partial charge < -0.3 is 4.90 Å². The number of pyridine rings is 1. The molecule has 1 aliphatic rings. The van der Waals surface area contributed by atoms with E-state index in [1.807, 2.05) is 40.8 Å². The molecule has 1 atom stereocenters. The molecule has 0 spiro atoms. The molecular formula is C19H21N5OS. The van der Waals surface area contributed by atoms with Gasteiger partial charge in [0, 0.05) is 25.4 Å². The van der Waals surface area contributed by atoms with Crippen LogP contribution in [0.4, 0.5) is 0 Å². The zero-order valence-electron chi connectivity index (χ0n) is 14.9. The Kier molecular flexibility index (Phi) is 4.55. The van der Waals surface area contributed by atoms with Gasteiger partial charge in [-0.2, -0.15) is 0 Å². The minimum absolute atomic E-state index is 0.0116. The van der Waals surface area contributed by atoms with Crippen molar-refractivity contribution in [1.82, 2.24) is 24.4 Å². The number of rotatable bonds is 4. The van der Waals surface area contributed by atoms with Gasteiger partial charge in [-0.15, -0.1) is 11.3 Å². The van der Waals surface area contributed by atoms with Crippen LogP contribution < -0.4 is 0 Å². The summed E-state index contributed by atoms with van der Waals surface area (Å²) in [6, 6.07) is 6.02. The molecular weight excluding hydrogens is 346 g/mol. The number of hydrogen-bond donors (Lipinski definition) is 0. The Labute approximate surface area is 156 Å². The predicted octanol–water partition coefficient (Wildman–Crippen LogP) is 3.57. The highest BCUT2D eigenvalue weighted by Crippen LogP contribution is 2.33. The number of aryl methyl sites for hydroxylation is 2. The van der Waals surface area contributed by atoms with Gasteiger partial charge in [0.2, 0.25) is 0 Å². The lowest BCUT2D eigenvalue weighted by molar-refractivity contribution is 0.0737. The monoisotopic (exact) mass is 367 g/mol. The third kappa shape index (κ3) is 2.92. The second-order valence-electron chi connectivity index (χ2n) is 6.41. The highest BCUT2D eigenvalue weighted by atomic mass is 32.1. The molecule has 3 aromatic rings. The van der Waals surface area contributed by atoms with Crippen LogP contribution in [0.15, 0.2) is 36.1 Å². The van der Waals surface area contributed by atoms with E-state index >= 15 is 0 Å². The zero-order valence-corrected chi connectivity index (χ0v) is 15.7. The first-order valence-electron chi connectivity index (χ1n) is 8.89. The van der Waals surface area contributed by atoms with E-state index in [4.69, 9.17) is 4.98 Å². The summed E-state index contributed by atoms with van der Waals surface area (Å²) in [6.07, 6.45) is 6.50. The molecule has 26 heavy (non-hydrogen) atoms. The summed E-state index contributed by atoms with van der Waals surface area (Å²) in [5.74, 6) is 1.90. The molecule has 6 nitrogen and oxygen atoms in total. The van der Waals surface area contributed by atoms with Gasteiger partial charge in [-0.25, -0.2) is 15.0 Å². The van der Waals surface area contributed by atoms with Gasteiger partial charge in [-0.3, -0.25) is 9.36 Å². The topological polar surface area (TPSA) is 63.9 Å². The van der Waals surface area contributed by atoms with Gasteiger partial charge in [0.15, 0.2) is 0 Å². The lowest BCUT2D eigenvalue weighted by Gasteiger charge is -2.24. The summed E-state index contributed by atoms with van der Waals surface area (Å²) < 4.78 is 2.01. The van der Waals surface area contributed by atoms with E-state index in [9.17, 15) is 4.79 Å². The van der Waals surface area contributed by atoms with Crippen LogP contribution in [-0.4, -0.2) is 36.9 Å². The van der Waals surface area contributed by atoms with Crippen LogP contribution >= 0.6 is 11.3 Å². The van der Waals surface area contributed by atoms with Gasteiger partial charge in [0.05, 0.1) is 22.9 Å². The molecule has 0 radical (unpaired) electrons. The van der Waals surface area contributed by atoms with Crippen LogP contribution in [0.1, 0.15) is 52.7 Å². The molecule has 0 unspecified atom stereocenters. The van der Waals surface area contributed by atoms with E-state index in [-0.39, 0.29) is 11.9 Å². The van der Waals surface area contributed by atoms with E-state index in [1.54, 1.807) is 11.7 Å².